The van der Waals surface area contributed by atoms with Crippen molar-refractivity contribution in [3.05, 3.63) is 45.7 Å². The van der Waals surface area contributed by atoms with E-state index >= 15 is 0 Å². The summed E-state index contributed by atoms with van der Waals surface area (Å²) >= 11 is 1.16. The molecular formula is C18H19FN2O5S. The molecule has 0 spiro atoms. The Balaban J connectivity index is 1.72. The van der Waals surface area contributed by atoms with Gasteiger partial charge in [-0.1, -0.05) is 0 Å². The zero-order valence-corrected chi connectivity index (χ0v) is 15.7. The predicted molar refractivity (Wildman–Crippen MR) is 95.5 cm³/mol. The Hall–Kier alpha value is -2.52. The molecule has 0 bridgehead atoms. The van der Waals surface area contributed by atoms with Gasteiger partial charge in [-0.25, -0.2) is 14.2 Å². The minimum Gasteiger partial charge on any atom is -0.486 e. The highest BCUT2D eigenvalue weighted by Crippen LogP contribution is 2.27. The number of aryl methyl sites for hydroxylation is 1. The molecular weight excluding hydrogens is 375 g/mol. The molecule has 27 heavy (non-hydrogen) atoms. The number of halogens is 1. The molecule has 3 rings (SSSR count). The van der Waals surface area contributed by atoms with Crippen LogP contribution in [-0.2, 0) is 16.1 Å². The van der Waals surface area contributed by atoms with Crippen molar-refractivity contribution in [3.63, 3.8) is 0 Å². The number of carboxylic acids is 1. The maximum Gasteiger partial charge on any atom is 0.326 e. The zero-order chi connectivity index (χ0) is 19.6. The second kappa shape index (κ2) is 8.01. The molecule has 9 heteroatoms. The van der Waals surface area contributed by atoms with Gasteiger partial charge in [0, 0.05) is 20.1 Å². The lowest BCUT2D eigenvalue weighted by Gasteiger charge is -2.20. The maximum absolute atomic E-state index is 12.9. The molecule has 1 aliphatic heterocycles. The van der Waals surface area contributed by atoms with Crippen molar-refractivity contribution in [2.75, 3.05) is 13.7 Å². The fourth-order valence-corrected chi connectivity index (χ4v) is 3.88. The average Bonchev–Trinajstić information content (AvgIpc) is 3.24. The topological polar surface area (TPSA) is 89.0 Å². The van der Waals surface area contributed by atoms with Crippen LogP contribution in [0.4, 0.5) is 4.39 Å². The van der Waals surface area contributed by atoms with E-state index in [9.17, 15) is 19.1 Å². The second-order valence-corrected chi connectivity index (χ2v) is 7.25. The number of ether oxygens (including phenoxy) is 2. The van der Waals surface area contributed by atoms with Crippen LogP contribution < -0.4 is 4.74 Å². The molecule has 1 aromatic heterocycles. The first-order valence-corrected chi connectivity index (χ1v) is 9.12. The standard InChI is InChI=1S/C18H19FN2O5S/c1-10-16(17(22)21-8-13(25-2)7-14(21)18(23)24)27-15(20-10)9-26-12-5-3-11(19)4-6-12/h3-6,13-14H,7-9H2,1-2H3,(H,23,24). The molecule has 2 aromatic rings. The number of rotatable bonds is 6. The third-order valence-corrected chi connectivity index (χ3v) is 5.47. The van der Waals surface area contributed by atoms with Gasteiger partial charge in [-0.3, -0.25) is 4.79 Å². The average molecular weight is 394 g/mol. The number of methoxy groups -OCH3 is 1. The molecule has 0 aliphatic carbocycles. The first-order chi connectivity index (χ1) is 12.9. The molecule has 2 unspecified atom stereocenters. The molecule has 1 fully saturated rings. The van der Waals surface area contributed by atoms with E-state index in [4.69, 9.17) is 9.47 Å². The zero-order valence-electron chi connectivity index (χ0n) is 14.8. The van der Waals surface area contributed by atoms with Gasteiger partial charge in [0.2, 0.25) is 0 Å². The number of carbonyl (C=O) groups is 2. The molecule has 1 aliphatic rings. The lowest BCUT2D eigenvalue weighted by atomic mass is 10.2. The molecule has 1 amide bonds. The summed E-state index contributed by atoms with van der Waals surface area (Å²) in [5.41, 5.74) is 0.521. The summed E-state index contributed by atoms with van der Waals surface area (Å²) in [5.74, 6) is -1.28. The summed E-state index contributed by atoms with van der Waals surface area (Å²) in [6, 6.07) is 4.69. The van der Waals surface area contributed by atoms with Crippen LogP contribution in [0.15, 0.2) is 24.3 Å². The Kier molecular flexibility index (Phi) is 5.71. The Morgan fingerprint density at radius 1 is 1.37 bits per heavy atom. The van der Waals surface area contributed by atoms with Crippen molar-refractivity contribution >= 4 is 23.2 Å². The van der Waals surface area contributed by atoms with Crippen LogP contribution in [0.1, 0.15) is 26.8 Å². The van der Waals surface area contributed by atoms with E-state index in [0.29, 0.717) is 21.3 Å². The molecule has 2 heterocycles. The number of carbonyl (C=O) groups excluding carboxylic acids is 1. The number of likely N-dealkylation sites (tertiary alicyclic amines) is 1. The number of nitrogens with zero attached hydrogens (tertiary/aromatic N) is 2. The van der Waals surface area contributed by atoms with Crippen LogP contribution in [0.5, 0.6) is 5.75 Å². The minimum atomic E-state index is -1.05. The van der Waals surface area contributed by atoms with Gasteiger partial charge in [-0.15, -0.1) is 11.3 Å². The number of aliphatic carboxylic acids is 1. The Morgan fingerprint density at radius 2 is 2.07 bits per heavy atom. The molecule has 2 atom stereocenters. The first kappa shape index (κ1) is 19.2. The van der Waals surface area contributed by atoms with E-state index in [-0.39, 0.29) is 37.4 Å². The smallest absolute Gasteiger partial charge is 0.326 e. The van der Waals surface area contributed by atoms with Gasteiger partial charge < -0.3 is 19.5 Å². The SMILES string of the molecule is COC1CC(C(=O)O)N(C(=O)c2sc(COc3ccc(F)cc3)nc2C)C1. The Morgan fingerprint density at radius 3 is 2.70 bits per heavy atom. The van der Waals surface area contributed by atoms with Crippen LogP contribution in [0.2, 0.25) is 0 Å². The van der Waals surface area contributed by atoms with Crippen LogP contribution in [0.25, 0.3) is 0 Å². The van der Waals surface area contributed by atoms with Crippen LogP contribution >= 0.6 is 11.3 Å². The van der Waals surface area contributed by atoms with Crippen molar-refractivity contribution in [3.8, 4) is 5.75 Å². The highest BCUT2D eigenvalue weighted by Gasteiger charge is 2.41. The Bertz CT molecular complexity index is 839. The summed E-state index contributed by atoms with van der Waals surface area (Å²) in [6.07, 6.45) is -0.0415. The lowest BCUT2D eigenvalue weighted by Crippen LogP contribution is -2.40. The number of aromatic nitrogens is 1. The maximum atomic E-state index is 12.9. The van der Waals surface area contributed by atoms with Gasteiger partial charge in [0.1, 0.15) is 34.1 Å². The number of hydrogen-bond acceptors (Lipinski definition) is 6. The monoisotopic (exact) mass is 394 g/mol. The third-order valence-electron chi connectivity index (χ3n) is 4.35. The van der Waals surface area contributed by atoms with E-state index in [1.165, 1.54) is 36.3 Å². The number of amides is 1. The number of carboxylic acid groups (broad SMARTS) is 1. The van der Waals surface area contributed by atoms with Crippen LogP contribution in [0, 0.1) is 12.7 Å². The van der Waals surface area contributed by atoms with Crippen molar-refractivity contribution < 1.29 is 28.6 Å². The van der Waals surface area contributed by atoms with Crippen LogP contribution in [0.3, 0.4) is 0 Å². The van der Waals surface area contributed by atoms with Gasteiger partial charge >= 0.3 is 5.97 Å². The molecule has 1 N–H and O–H groups in total. The Labute approximate surface area is 159 Å². The summed E-state index contributed by atoms with van der Waals surface area (Å²) in [4.78, 5) is 30.4. The fourth-order valence-electron chi connectivity index (χ4n) is 2.95. The third kappa shape index (κ3) is 4.25. The molecule has 1 saturated heterocycles. The second-order valence-electron chi connectivity index (χ2n) is 6.17. The van der Waals surface area contributed by atoms with Crippen molar-refractivity contribution in [2.24, 2.45) is 0 Å². The quantitative estimate of drug-likeness (QED) is 0.810. The van der Waals surface area contributed by atoms with E-state index in [1.54, 1.807) is 6.92 Å². The molecule has 1 aromatic carbocycles. The molecule has 0 radical (unpaired) electrons. The molecule has 7 nitrogen and oxygen atoms in total. The normalized spacial score (nSPS) is 19.3. The van der Waals surface area contributed by atoms with E-state index in [1.807, 2.05) is 0 Å². The van der Waals surface area contributed by atoms with Gasteiger partial charge in [0.05, 0.1) is 11.8 Å². The molecule has 0 saturated carbocycles. The van der Waals surface area contributed by atoms with E-state index < -0.39 is 12.0 Å². The summed E-state index contributed by atoms with van der Waals surface area (Å²) < 4.78 is 23.7. The number of thiazole rings is 1. The van der Waals surface area contributed by atoms with Gasteiger partial charge in [0.25, 0.3) is 5.91 Å². The fraction of sp³-hybridized carbons (Fsp3) is 0.389. The summed E-state index contributed by atoms with van der Waals surface area (Å²) in [7, 11) is 1.50. The van der Waals surface area contributed by atoms with Gasteiger partial charge in [-0.2, -0.15) is 0 Å². The first-order valence-electron chi connectivity index (χ1n) is 8.30. The van der Waals surface area contributed by atoms with Crippen LogP contribution in [-0.4, -0.2) is 52.7 Å². The lowest BCUT2D eigenvalue weighted by molar-refractivity contribution is -0.141. The van der Waals surface area contributed by atoms with Crippen molar-refractivity contribution in [1.82, 2.24) is 9.88 Å². The molecule has 144 valence electrons. The highest BCUT2D eigenvalue weighted by molar-refractivity contribution is 7.13. The largest absolute Gasteiger partial charge is 0.486 e. The van der Waals surface area contributed by atoms with E-state index in [0.717, 1.165) is 11.3 Å². The summed E-state index contributed by atoms with van der Waals surface area (Å²) in [6.45, 7) is 2.06. The van der Waals surface area contributed by atoms with Crippen molar-refractivity contribution in [1.29, 1.82) is 0 Å². The van der Waals surface area contributed by atoms with E-state index in [2.05, 4.69) is 4.98 Å². The number of benzene rings is 1. The van der Waals surface area contributed by atoms with Gasteiger partial charge in [-0.05, 0) is 31.2 Å². The minimum absolute atomic E-state index is 0.132. The predicted octanol–water partition coefficient (Wildman–Crippen LogP) is 2.48. The summed E-state index contributed by atoms with van der Waals surface area (Å²) in [5, 5.41) is 9.97. The number of hydrogen-bond donors (Lipinski definition) is 1. The highest BCUT2D eigenvalue weighted by atomic mass is 32.1. The van der Waals surface area contributed by atoms with Crippen molar-refractivity contribution in [2.45, 2.75) is 32.1 Å². The van der Waals surface area contributed by atoms with Gasteiger partial charge in [0.15, 0.2) is 0 Å².